The maximum atomic E-state index is 12.1. The molecular weight excluding hydrogens is 234 g/mol. The molecule has 0 aliphatic heterocycles. The van der Waals surface area contributed by atoms with Crippen LogP contribution < -0.4 is 5.32 Å². The van der Waals surface area contributed by atoms with Gasteiger partial charge in [0.05, 0.1) is 0 Å². The first-order valence-corrected chi connectivity index (χ1v) is 5.98. The predicted octanol–water partition coefficient (Wildman–Crippen LogP) is 0.831. The molecule has 2 amide bonds. The van der Waals surface area contributed by atoms with E-state index in [9.17, 15) is 9.59 Å². The van der Waals surface area contributed by atoms with Crippen molar-refractivity contribution in [2.45, 2.75) is 39.3 Å². The van der Waals surface area contributed by atoms with Gasteiger partial charge in [0.25, 0.3) is 0 Å². The molecule has 0 radical (unpaired) electrons. The zero-order chi connectivity index (χ0) is 14.5. The van der Waals surface area contributed by atoms with Gasteiger partial charge in [-0.3, -0.25) is 4.79 Å². The fourth-order valence-electron chi connectivity index (χ4n) is 1.63. The van der Waals surface area contributed by atoms with Gasteiger partial charge in [-0.1, -0.05) is 0 Å². The maximum absolute atomic E-state index is 12.1. The van der Waals surface area contributed by atoms with E-state index in [0.717, 1.165) is 0 Å². The number of carboxylic acids is 1. The molecule has 0 saturated carbocycles. The predicted molar refractivity (Wildman–Crippen MR) is 70.6 cm³/mol. The zero-order valence-electron chi connectivity index (χ0n) is 12.1. The van der Waals surface area contributed by atoms with E-state index in [1.807, 2.05) is 46.7 Å². The Balaban J connectivity index is 4.62. The molecule has 1 atom stereocenters. The summed E-state index contributed by atoms with van der Waals surface area (Å²) in [6, 6.07) is -0.384. The number of carbonyl (C=O) groups excluding carboxylic acids is 1. The van der Waals surface area contributed by atoms with Gasteiger partial charge in [-0.2, -0.15) is 0 Å². The molecule has 0 rings (SSSR count). The summed E-state index contributed by atoms with van der Waals surface area (Å²) >= 11 is 0. The lowest BCUT2D eigenvalue weighted by molar-refractivity contribution is -0.138. The first kappa shape index (κ1) is 16.7. The zero-order valence-corrected chi connectivity index (χ0v) is 12.1. The number of carboxylic acid groups (broad SMARTS) is 1. The second-order valence-corrected chi connectivity index (χ2v) is 5.76. The van der Waals surface area contributed by atoms with Gasteiger partial charge < -0.3 is 20.2 Å². The summed E-state index contributed by atoms with van der Waals surface area (Å²) in [5, 5.41) is 11.7. The van der Waals surface area contributed by atoms with Crippen molar-refractivity contribution in [2.75, 3.05) is 27.2 Å². The van der Waals surface area contributed by atoms with E-state index in [0.29, 0.717) is 6.54 Å². The summed E-state index contributed by atoms with van der Waals surface area (Å²) < 4.78 is 0. The minimum atomic E-state index is -1.01. The van der Waals surface area contributed by atoms with E-state index in [1.54, 1.807) is 0 Å². The van der Waals surface area contributed by atoms with Crippen molar-refractivity contribution in [3.8, 4) is 0 Å². The molecule has 1 unspecified atom stereocenters. The Morgan fingerprint density at radius 3 is 2.11 bits per heavy atom. The first-order chi connectivity index (χ1) is 8.04. The number of hydrogen-bond donors (Lipinski definition) is 2. The van der Waals surface area contributed by atoms with Crippen LogP contribution in [-0.4, -0.2) is 65.7 Å². The van der Waals surface area contributed by atoms with Crippen LogP contribution >= 0.6 is 0 Å². The highest BCUT2D eigenvalue weighted by atomic mass is 16.4. The van der Waals surface area contributed by atoms with Crippen LogP contribution in [-0.2, 0) is 4.79 Å². The van der Waals surface area contributed by atoms with Crippen molar-refractivity contribution in [1.29, 1.82) is 0 Å². The van der Waals surface area contributed by atoms with E-state index >= 15 is 0 Å². The quantitative estimate of drug-likeness (QED) is 0.767. The fourth-order valence-corrected chi connectivity index (χ4v) is 1.63. The van der Waals surface area contributed by atoms with E-state index in [2.05, 4.69) is 5.32 Å². The van der Waals surface area contributed by atoms with Crippen molar-refractivity contribution in [3.05, 3.63) is 0 Å². The molecule has 6 heteroatoms. The van der Waals surface area contributed by atoms with Crippen LogP contribution in [0.3, 0.4) is 0 Å². The van der Waals surface area contributed by atoms with E-state index < -0.39 is 11.5 Å². The third-order valence-corrected chi connectivity index (χ3v) is 2.36. The van der Waals surface area contributed by atoms with Gasteiger partial charge in [0.1, 0.15) is 6.54 Å². The van der Waals surface area contributed by atoms with Crippen LogP contribution in [0.15, 0.2) is 0 Å². The van der Waals surface area contributed by atoms with Crippen molar-refractivity contribution in [1.82, 2.24) is 15.1 Å². The summed E-state index contributed by atoms with van der Waals surface area (Å²) in [5.74, 6) is -1.01. The van der Waals surface area contributed by atoms with Gasteiger partial charge in [0.15, 0.2) is 0 Å². The number of likely N-dealkylation sites (N-methyl/N-ethyl adjacent to an activating group) is 1. The lowest BCUT2D eigenvalue weighted by Crippen LogP contribution is -2.55. The molecular formula is C12H25N3O3. The van der Waals surface area contributed by atoms with Crippen molar-refractivity contribution >= 4 is 12.0 Å². The highest BCUT2D eigenvalue weighted by molar-refractivity contribution is 5.80. The molecule has 0 fully saturated rings. The Morgan fingerprint density at radius 1 is 1.28 bits per heavy atom. The topological polar surface area (TPSA) is 72.9 Å². The number of hydrogen-bond acceptors (Lipinski definition) is 3. The molecule has 0 saturated heterocycles. The van der Waals surface area contributed by atoms with Crippen molar-refractivity contribution < 1.29 is 14.7 Å². The smallest absolute Gasteiger partial charge is 0.323 e. The molecule has 106 valence electrons. The van der Waals surface area contributed by atoms with Crippen LogP contribution in [0.1, 0.15) is 27.7 Å². The fraction of sp³-hybridized carbons (Fsp3) is 0.833. The number of urea groups is 1. The van der Waals surface area contributed by atoms with Crippen LogP contribution in [0.25, 0.3) is 0 Å². The summed E-state index contributed by atoms with van der Waals surface area (Å²) in [4.78, 5) is 26.1. The van der Waals surface area contributed by atoms with Crippen LogP contribution in [0, 0.1) is 0 Å². The van der Waals surface area contributed by atoms with E-state index in [4.69, 9.17) is 5.11 Å². The standard InChI is InChI=1S/C12H25N3O3/c1-9(7-14(5)6)13-11(18)15(8-10(16)17)12(2,3)4/h9H,7-8H2,1-6H3,(H,13,18)(H,16,17). The van der Waals surface area contributed by atoms with Gasteiger partial charge >= 0.3 is 12.0 Å². The summed E-state index contributed by atoms with van der Waals surface area (Å²) in [6.45, 7) is 7.73. The number of aliphatic carboxylic acids is 1. The average molecular weight is 259 g/mol. The highest BCUT2D eigenvalue weighted by Gasteiger charge is 2.29. The normalized spacial score (nSPS) is 13.3. The van der Waals surface area contributed by atoms with E-state index in [1.165, 1.54) is 4.90 Å². The molecule has 2 N–H and O–H groups in total. The molecule has 0 heterocycles. The Labute approximate surface area is 109 Å². The molecule has 0 bridgehead atoms. The maximum Gasteiger partial charge on any atom is 0.323 e. The molecule has 18 heavy (non-hydrogen) atoms. The van der Waals surface area contributed by atoms with Gasteiger partial charge in [-0.15, -0.1) is 0 Å². The molecule has 0 aliphatic carbocycles. The van der Waals surface area contributed by atoms with Gasteiger partial charge in [-0.05, 0) is 41.8 Å². The molecule has 6 nitrogen and oxygen atoms in total. The molecule has 0 aromatic heterocycles. The third kappa shape index (κ3) is 6.44. The largest absolute Gasteiger partial charge is 0.480 e. The van der Waals surface area contributed by atoms with Crippen LogP contribution in [0.4, 0.5) is 4.79 Å². The van der Waals surface area contributed by atoms with Crippen molar-refractivity contribution in [2.24, 2.45) is 0 Å². The lowest BCUT2D eigenvalue weighted by atomic mass is 10.1. The number of amides is 2. The summed E-state index contributed by atoms with van der Waals surface area (Å²) in [6.07, 6.45) is 0. The minimum absolute atomic E-state index is 0.0360. The highest BCUT2D eigenvalue weighted by Crippen LogP contribution is 2.13. The summed E-state index contributed by atoms with van der Waals surface area (Å²) in [5.41, 5.74) is -0.527. The first-order valence-electron chi connectivity index (χ1n) is 5.98. The van der Waals surface area contributed by atoms with Crippen molar-refractivity contribution in [3.63, 3.8) is 0 Å². The molecule has 0 aromatic carbocycles. The monoisotopic (exact) mass is 259 g/mol. The average Bonchev–Trinajstić information content (AvgIpc) is 2.09. The second-order valence-electron chi connectivity index (χ2n) is 5.76. The van der Waals surface area contributed by atoms with Gasteiger partial charge in [0.2, 0.25) is 0 Å². The number of nitrogens with one attached hydrogen (secondary N) is 1. The number of rotatable bonds is 5. The molecule has 0 aromatic rings. The van der Waals surface area contributed by atoms with Gasteiger partial charge in [0, 0.05) is 18.1 Å². The van der Waals surface area contributed by atoms with Gasteiger partial charge in [-0.25, -0.2) is 4.79 Å². The minimum Gasteiger partial charge on any atom is -0.480 e. The second kappa shape index (κ2) is 6.58. The lowest BCUT2D eigenvalue weighted by Gasteiger charge is -2.35. The number of carbonyl (C=O) groups is 2. The molecule has 0 spiro atoms. The van der Waals surface area contributed by atoms with Crippen LogP contribution in [0.2, 0.25) is 0 Å². The van der Waals surface area contributed by atoms with E-state index in [-0.39, 0.29) is 18.6 Å². The summed E-state index contributed by atoms with van der Waals surface area (Å²) in [7, 11) is 3.84. The molecule has 0 aliphatic rings. The van der Waals surface area contributed by atoms with Crippen LogP contribution in [0.5, 0.6) is 0 Å². The Morgan fingerprint density at radius 2 is 1.78 bits per heavy atom. The Bertz CT molecular complexity index is 297. The Kier molecular flexibility index (Phi) is 6.11. The Hall–Kier alpha value is -1.30. The number of nitrogens with zero attached hydrogens (tertiary/aromatic N) is 2. The third-order valence-electron chi connectivity index (χ3n) is 2.36. The SMILES string of the molecule is CC(CN(C)C)NC(=O)N(CC(=O)O)C(C)(C)C.